The van der Waals surface area contributed by atoms with E-state index in [1.165, 1.54) is 0 Å². The van der Waals surface area contributed by atoms with Gasteiger partial charge in [-0.3, -0.25) is 4.79 Å². The van der Waals surface area contributed by atoms with E-state index in [-0.39, 0.29) is 11.8 Å². The summed E-state index contributed by atoms with van der Waals surface area (Å²) < 4.78 is 0. The molecule has 0 aliphatic rings. The van der Waals surface area contributed by atoms with Gasteiger partial charge in [-0.2, -0.15) is 0 Å². The molecular weight excluding hydrogens is 138 g/mol. The quantitative estimate of drug-likeness (QED) is 0.681. The molecule has 0 aromatic heterocycles. The van der Waals surface area contributed by atoms with Crippen molar-refractivity contribution in [2.45, 2.75) is 40.7 Å². The fourth-order valence-corrected chi connectivity index (χ4v) is 1.01. The summed E-state index contributed by atoms with van der Waals surface area (Å²) in [6.07, 6.45) is 0. The van der Waals surface area contributed by atoms with E-state index >= 15 is 0 Å². The van der Waals surface area contributed by atoms with Crippen LogP contribution >= 0.6 is 0 Å². The lowest BCUT2D eigenvalue weighted by molar-refractivity contribution is -0.119. The Bertz CT molecular complexity index is 99.7. The van der Waals surface area contributed by atoms with E-state index in [1.807, 2.05) is 34.7 Å². The van der Waals surface area contributed by atoms with Crippen LogP contribution in [0.15, 0.2) is 0 Å². The molecule has 0 aliphatic heterocycles. The smallest absolute Gasteiger partial charge is 0.146 e. The van der Waals surface area contributed by atoms with Gasteiger partial charge >= 0.3 is 0 Å². The maximum atomic E-state index is 10.8. The molecule has 11 heavy (non-hydrogen) atoms. The van der Waals surface area contributed by atoms with Crippen LogP contribution in [0.1, 0.15) is 34.6 Å². The molecule has 0 spiro atoms. The van der Waals surface area contributed by atoms with Gasteiger partial charge in [-0.25, -0.2) is 0 Å². The molecule has 1 atom stereocenters. The van der Waals surface area contributed by atoms with Crippen molar-refractivity contribution < 1.29 is 4.79 Å². The summed E-state index contributed by atoms with van der Waals surface area (Å²) in [4.78, 5) is 10.8. The largest absolute Gasteiger partial charge is 0.310 e. The first-order chi connectivity index (χ1) is 5.09. The number of rotatable bonds is 3. The van der Waals surface area contributed by atoms with Crippen molar-refractivity contribution in [3.63, 3.8) is 0 Å². The Labute approximate surface area is 70.4 Å². The van der Waals surface area contributed by atoms with Crippen LogP contribution in [0.5, 0.6) is 0 Å². The predicted octanol–water partition coefficient (Wildman–Crippen LogP) is 1.85. The summed E-state index contributed by atoms with van der Waals surface area (Å²) in [5.74, 6) is 0.611. The standard InChI is InChI=1S/C7H15NO.C2H6/c1-5(2)7(8-4)6(3)9;1-2/h5,7-8H,1-4H3;1-2H3/t7-;/m0./s1. The zero-order valence-corrected chi connectivity index (χ0v) is 8.56. The van der Waals surface area contributed by atoms with E-state index in [2.05, 4.69) is 5.32 Å². The number of carbonyl (C=O) groups is 1. The molecule has 0 fully saturated rings. The summed E-state index contributed by atoms with van der Waals surface area (Å²) in [6.45, 7) is 9.67. The van der Waals surface area contributed by atoms with Gasteiger partial charge in [-0.05, 0) is 19.9 Å². The van der Waals surface area contributed by atoms with Gasteiger partial charge in [0.2, 0.25) is 0 Å². The zero-order chi connectivity index (χ0) is 9.44. The zero-order valence-electron chi connectivity index (χ0n) is 8.56. The van der Waals surface area contributed by atoms with Crippen molar-refractivity contribution in [3.8, 4) is 0 Å². The molecule has 0 saturated carbocycles. The highest BCUT2D eigenvalue weighted by molar-refractivity contribution is 5.81. The van der Waals surface area contributed by atoms with Gasteiger partial charge < -0.3 is 5.32 Å². The molecule has 0 aromatic rings. The highest BCUT2D eigenvalue weighted by atomic mass is 16.1. The minimum Gasteiger partial charge on any atom is -0.310 e. The number of Topliss-reactive ketones (excluding diaryl/α,β-unsaturated/α-hetero) is 1. The third-order valence-electron chi connectivity index (χ3n) is 1.42. The van der Waals surface area contributed by atoms with Gasteiger partial charge in [0.15, 0.2) is 0 Å². The second kappa shape index (κ2) is 7.73. The molecular formula is C9H21NO. The lowest BCUT2D eigenvalue weighted by atomic mass is 10.0. The van der Waals surface area contributed by atoms with Crippen LogP contribution in [0, 0.1) is 5.92 Å². The van der Waals surface area contributed by atoms with Crippen LogP contribution < -0.4 is 5.32 Å². The number of hydrogen-bond donors (Lipinski definition) is 1. The fraction of sp³-hybridized carbons (Fsp3) is 0.889. The Kier molecular flexibility index (Phi) is 9.31. The Balaban J connectivity index is 0. The van der Waals surface area contributed by atoms with E-state index in [9.17, 15) is 4.79 Å². The summed E-state index contributed by atoms with van der Waals surface area (Å²) in [5.41, 5.74) is 0. The first kappa shape index (κ1) is 13.2. The van der Waals surface area contributed by atoms with Gasteiger partial charge in [0, 0.05) is 0 Å². The monoisotopic (exact) mass is 159 g/mol. The highest BCUT2D eigenvalue weighted by Gasteiger charge is 2.14. The fourth-order valence-electron chi connectivity index (χ4n) is 1.01. The minimum atomic E-state index is 0.0324. The van der Waals surface area contributed by atoms with E-state index < -0.39 is 0 Å². The Morgan fingerprint density at radius 1 is 1.27 bits per heavy atom. The molecule has 2 heteroatoms. The Morgan fingerprint density at radius 2 is 1.64 bits per heavy atom. The maximum absolute atomic E-state index is 10.8. The van der Waals surface area contributed by atoms with E-state index in [0.717, 1.165) is 0 Å². The van der Waals surface area contributed by atoms with Crippen molar-refractivity contribution in [2.24, 2.45) is 5.92 Å². The summed E-state index contributed by atoms with van der Waals surface area (Å²) in [5, 5.41) is 2.95. The second-order valence-electron chi connectivity index (χ2n) is 2.62. The molecule has 2 nitrogen and oxygen atoms in total. The molecule has 0 unspecified atom stereocenters. The molecule has 0 aromatic carbocycles. The Hall–Kier alpha value is -0.370. The number of hydrogen-bond acceptors (Lipinski definition) is 2. The SMILES string of the molecule is CC.CN[C@H](C(C)=O)C(C)C. The number of ketones is 1. The van der Waals surface area contributed by atoms with Crippen molar-refractivity contribution in [1.29, 1.82) is 0 Å². The number of nitrogens with one attached hydrogen (secondary N) is 1. The Morgan fingerprint density at radius 3 is 1.64 bits per heavy atom. The topological polar surface area (TPSA) is 29.1 Å². The first-order valence-electron chi connectivity index (χ1n) is 4.27. The lowest BCUT2D eigenvalue weighted by Crippen LogP contribution is -2.36. The normalized spacial score (nSPS) is 11.9. The van der Waals surface area contributed by atoms with Crippen molar-refractivity contribution in [3.05, 3.63) is 0 Å². The number of carbonyl (C=O) groups excluding carboxylic acids is 1. The predicted molar refractivity (Wildman–Crippen MR) is 49.7 cm³/mol. The molecule has 0 rings (SSSR count). The molecule has 0 saturated heterocycles. The van der Waals surface area contributed by atoms with Gasteiger partial charge in [0.1, 0.15) is 5.78 Å². The first-order valence-corrected chi connectivity index (χ1v) is 4.27. The average Bonchev–Trinajstić information content (AvgIpc) is 1.91. The minimum absolute atomic E-state index is 0.0324. The molecule has 0 bridgehead atoms. The third kappa shape index (κ3) is 6.05. The van der Waals surface area contributed by atoms with E-state index in [4.69, 9.17) is 0 Å². The van der Waals surface area contributed by atoms with Crippen LogP contribution in [-0.2, 0) is 4.79 Å². The van der Waals surface area contributed by atoms with Crippen molar-refractivity contribution in [2.75, 3.05) is 7.05 Å². The van der Waals surface area contributed by atoms with E-state index in [1.54, 1.807) is 6.92 Å². The summed E-state index contributed by atoms with van der Waals surface area (Å²) in [6, 6.07) is 0.0324. The van der Waals surface area contributed by atoms with Crippen LogP contribution in [-0.4, -0.2) is 18.9 Å². The van der Waals surface area contributed by atoms with Gasteiger partial charge in [0.05, 0.1) is 6.04 Å². The maximum Gasteiger partial charge on any atom is 0.146 e. The van der Waals surface area contributed by atoms with Crippen LogP contribution in [0.2, 0.25) is 0 Å². The van der Waals surface area contributed by atoms with Crippen LogP contribution in [0.25, 0.3) is 0 Å². The van der Waals surface area contributed by atoms with Crippen LogP contribution in [0.3, 0.4) is 0 Å². The van der Waals surface area contributed by atoms with E-state index in [0.29, 0.717) is 5.92 Å². The van der Waals surface area contributed by atoms with Gasteiger partial charge in [-0.1, -0.05) is 27.7 Å². The molecule has 68 valence electrons. The highest BCUT2D eigenvalue weighted by Crippen LogP contribution is 2.00. The second-order valence-corrected chi connectivity index (χ2v) is 2.62. The summed E-state index contributed by atoms with van der Waals surface area (Å²) in [7, 11) is 1.81. The summed E-state index contributed by atoms with van der Waals surface area (Å²) >= 11 is 0. The van der Waals surface area contributed by atoms with Crippen LogP contribution in [0.4, 0.5) is 0 Å². The third-order valence-corrected chi connectivity index (χ3v) is 1.42. The molecule has 0 heterocycles. The molecule has 0 aliphatic carbocycles. The van der Waals surface area contributed by atoms with Gasteiger partial charge in [-0.15, -0.1) is 0 Å². The lowest BCUT2D eigenvalue weighted by Gasteiger charge is -2.15. The van der Waals surface area contributed by atoms with Gasteiger partial charge in [0.25, 0.3) is 0 Å². The molecule has 0 amide bonds. The molecule has 0 radical (unpaired) electrons. The van der Waals surface area contributed by atoms with Crippen molar-refractivity contribution >= 4 is 5.78 Å². The number of likely N-dealkylation sites (N-methyl/N-ethyl adjacent to an activating group) is 1. The average molecular weight is 159 g/mol. The molecule has 1 N–H and O–H groups in total. The van der Waals surface area contributed by atoms with Crippen molar-refractivity contribution in [1.82, 2.24) is 5.32 Å².